The second-order valence-corrected chi connectivity index (χ2v) is 5.05. The van der Waals surface area contributed by atoms with Gasteiger partial charge in [-0.15, -0.1) is 0 Å². The van der Waals surface area contributed by atoms with Crippen molar-refractivity contribution in [2.75, 3.05) is 26.4 Å². The van der Waals surface area contributed by atoms with Crippen molar-refractivity contribution in [2.24, 2.45) is 0 Å². The Morgan fingerprint density at radius 2 is 0.933 bits per heavy atom. The van der Waals surface area contributed by atoms with Gasteiger partial charge in [-0.1, -0.05) is 0 Å². The van der Waals surface area contributed by atoms with Crippen LogP contribution in [0.1, 0.15) is 0 Å². The van der Waals surface area contributed by atoms with E-state index in [1.54, 1.807) is 0 Å². The summed E-state index contributed by atoms with van der Waals surface area (Å²) in [6.45, 7) is 0.670. The molecule has 0 amide bonds. The SMILES string of the molecule is O=P1([O-])OCCO1.O=P1([O-])OCCO1.[Hg+2]. The number of hydrogen-bond donors (Lipinski definition) is 0. The van der Waals surface area contributed by atoms with Crippen LogP contribution >= 0.6 is 15.6 Å². The molecule has 0 aromatic rings. The maximum absolute atomic E-state index is 10.0. The van der Waals surface area contributed by atoms with E-state index >= 15 is 0 Å². The molecule has 2 fully saturated rings. The summed E-state index contributed by atoms with van der Waals surface area (Å²) in [5.41, 5.74) is 0. The molecular formula is C4H8HgO8P2. The van der Waals surface area contributed by atoms with E-state index in [0.717, 1.165) is 0 Å². The van der Waals surface area contributed by atoms with Crippen molar-refractivity contribution in [3.05, 3.63) is 0 Å². The van der Waals surface area contributed by atoms with E-state index in [-0.39, 0.29) is 54.1 Å². The van der Waals surface area contributed by atoms with Gasteiger partial charge < -0.3 is 27.9 Å². The molecule has 84 valence electrons. The maximum Gasteiger partial charge on any atom is 2.00 e. The Morgan fingerprint density at radius 1 is 0.733 bits per heavy atom. The maximum atomic E-state index is 10.0. The standard InChI is InChI=1S/2C2H5O4P.Hg/c2*3-7(4)5-1-2-6-7;/h2*1-2H2,(H,3,4);/q;;+2/p-2. The van der Waals surface area contributed by atoms with Gasteiger partial charge in [0.05, 0.1) is 26.4 Å². The Bertz CT molecular complexity index is 234. The fraction of sp³-hybridized carbons (Fsp3) is 1.00. The van der Waals surface area contributed by atoms with Gasteiger partial charge in [0.2, 0.25) is 0 Å². The molecule has 0 saturated carbocycles. The smallest absolute Gasteiger partial charge is 0.756 e. The Morgan fingerprint density at radius 3 is 1.00 bits per heavy atom. The Kier molecular flexibility index (Phi) is 7.31. The van der Waals surface area contributed by atoms with E-state index in [1.165, 1.54) is 0 Å². The molecule has 0 aliphatic carbocycles. The van der Waals surface area contributed by atoms with Gasteiger partial charge in [0.15, 0.2) is 0 Å². The number of hydrogen-bond acceptors (Lipinski definition) is 8. The normalized spacial score (nSPS) is 26.3. The minimum atomic E-state index is -3.79. The molecule has 2 heterocycles. The third-order valence-corrected chi connectivity index (χ3v) is 3.16. The van der Waals surface area contributed by atoms with E-state index < -0.39 is 15.6 Å². The third-order valence-electron chi connectivity index (χ3n) is 1.16. The predicted molar refractivity (Wildman–Crippen MR) is 39.0 cm³/mol. The number of phosphoric ester groups is 2. The molecule has 0 unspecified atom stereocenters. The molecule has 0 bridgehead atoms. The van der Waals surface area contributed by atoms with Crippen LogP contribution in [0.4, 0.5) is 0 Å². The first kappa shape index (κ1) is 16.2. The molecule has 0 N–H and O–H groups in total. The van der Waals surface area contributed by atoms with Gasteiger partial charge in [0.25, 0.3) is 15.6 Å². The van der Waals surface area contributed by atoms with Crippen LogP contribution in [0.2, 0.25) is 0 Å². The van der Waals surface area contributed by atoms with Crippen LogP contribution in [0, 0.1) is 0 Å². The van der Waals surface area contributed by atoms with Gasteiger partial charge in [-0.3, -0.25) is 9.13 Å². The van der Waals surface area contributed by atoms with Gasteiger partial charge >= 0.3 is 27.7 Å². The molecule has 0 spiro atoms. The van der Waals surface area contributed by atoms with Crippen LogP contribution in [0.15, 0.2) is 0 Å². The quantitative estimate of drug-likeness (QED) is 0.344. The molecular weight excluding hydrogens is 439 g/mol. The molecule has 11 heteroatoms. The first-order chi connectivity index (χ1) is 6.41. The Hall–Kier alpha value is 1.16. The predicted octanol–water partition coefficient (Wildman–Crippen LogP) is -0.999. The van der Waals surface area contributed by atoms with E-state index in [9.17, 15) is 18.9 Å². The van der Waals surface area contributed by atoms with Crippen LogP contribution in [0.25, 0.3) is 0 Å². The zero-order valence-electron chi connectivity index (χ0n) is 7.70. The molecule has 2 aliphatic rings. The number of phosphoric acid groups is 2. The summed E-state index contributed by atoms with van der Waals surface area (Å²) in [6.07, 6.45) is 0. The van der Waals surface area contributed by atoms with Gasteiger partial charge in [-0.2, -0.15) is 0 Å². The monoisotopic (exact) mass is 448 g/mol. The molecule has 0 radical (unpaired) electrons. The summed E-state index contributed by atoms with van der Waals surface area (Å²) in [5, 5.41) is 0. The molecule has 8 nitrogen and oxygen atoms in total. The van der Waals surface area contributed by atoms with Crippen LogP contribution in [0.5, 0.6) is 0 Å². The average Bonchev–Trinajstić information content (AvgIpc) is 2.60. The van der Waals surface area contributed by atoms with Crippen LogP contribution in [0.3, 0.4) is 0 Å². The summed E-state index contributed by atoms with van der Waals surface area (Å²) >= 11 is 0. The van der Waals surface area contributed by atoms with Crippen molar-refractivity contribution in [1.82, 2.24) is 0 Å². The van der Waals surface area contributed by atoms with Gasteiger partial charge in [-0.25, -0.2) is 0 Å². The zero-order chi connectivity index (χ0) is 10.7. The van der Waals surface area contributed by atoms with E-state index in [4.69, 9.17) is 0 Å². The van der Waals surface area contributed by atoms with Crippen molar-refractivity contribution in [2.45, 2.75) is 0 Å². The van der Waals surface area contributed by atoms with E-state index in [1.807, 2.05) is 0 Å². The Labute approximate surface area is 107 Å². The molecule has 2 rings (SSSR count). The first-order valence-electron chi connectivity index (χ1n) is 3.62. The average molecular weight is 447 g/mol. The summed E-state index contributed by atoms with van der Waals surface area (Å²) in [5.74, 6) is 0. The van der Waals surface area contributed by atoms with Crippen molar-refractivity contribution < 1.29 is 64.7 Å². The number of rotatable bonds is 0. The molecule has 0 aromatic carbocycles. The second-order valence-electron chi connectivity index (χ2n) is 2.23. The van der Waals surface area contributed by atoms with Crippen LogP contribution in [-0.2, 0) is 54.9 Å². The largest absolute Gasteiger partial charge is 2.00 e. The van der Waals surface area contributed by atoms with Crippen LogP contribution in [-0.4, -0.2) is 26.4 Å². The fourth-order valence-corrected chi connectivity index (χ4v) is 2.01. The van der Waals surface area contributed by atoms with Gasteiger partial charge in [0, 0.05) is 0 Å². The summed E-state index contributed by atoms with van der Waals surface area (Å²) in [7, 11) is -7.59. The second kappa shape index (κ2) is 6.79. The van der Waals surface area contributed by atoms with E-state index in [0.29, 0.717) is 0 Å². The minimum Gasteiger partial charge on any atom is -0.756 e. The minimum absolute atomic E-state index is 0. The zero-order valence-corrected chi connectivity index (χ0v) is 15.0. The topological polar surface area (TPSA) is 117 Å². The summed E-state index contributed by atoms with van der Waals surface area (Å²) < 4.78 is 36.5. The van der Waals surface area contributed by atoms with Crippen LogP contribution < -0.4 is 9.79 Å². The summed E-state index contributed by atoms with van der Waals surface area (Å²) in [4.78, 5) is 20.0. The molecule has 0 atom stereocenters. The first-order valence-corrected chi connectivity index (χ1v) is 6.54. The van der Waals surface area contributed by atoms with Crippen molar-refractivity contribution in [3.63, 3.8) is 0 Å². The molecule has 15 heavy (non-hydrogen) atoms. The van der Waals surface area contributed by atoms with Crippen molar-refractivity contribution >= 4 is 15.6 Å². The molecule has 2 aliphatic heterocycles. The summed E-state index contributed by atoms with van der Waals surface area (Å²) in [6, 6.07) is 0. The fourth-order valence-electron chi connectivity index (χ4n) is 0.671. The Balaban J connectivity index is 0.000000245. The van der Waals surface area contributed by atoms with Crippen molar-refractivity contribution in [1.29, 1.82) is 0 Å². The van der Waals surface area contributed by atoms with Gasteiger partial charge in [-0.05, 0) is 0 Å². The third kappa shape index (κ3) is 7.15. The van der Waals surface area contributed by atoms with E-state index in [2.05, 4.69) is 18.1 Å². The molecule has 0 aromatic heterocycles. The molecule has 2 saturated heterocycles. The van der Waals surface area contributed by atoms with Gasteiger partial charge in [0.1, 0.15) is 0 Å². The van der Waals surface area contributed by atoms with Crippen molar-refractivity contribution in [3.8, 4) is 0 Å².